The second kappa shape index (κ2) is 6.09. The predicted octanol–water partition coefficient (Wildman–Crippen LogP) is 2.04. The summed E-state index contributed by atoms with van der Waals surface area (Å²) in [5.41, 5.74) is -0.0533. The van der Waals surface area contributed by atoms with Crippen molar-refractivity contribution in [2.24, 2.45) is 0 Å². The average Bonchev–Trinajstić information content (AvgIpc) is 3.31. The number of benzene rings is 1. The predicted molar refractivity (Wildman–Crippen MR) is 87.4 cm³/mol. The summed E-state index contributed by atoms with van der Waals surface area (Å²) in [5, 5.41) is 14.6. The van der Waals surface area contributed by atoms with Crippen molar-refractivity contribution in [3.63, 3.8) is 0 Å². The molecule has 1 N–H and O–H groups in total. The Morgan fingerprint density at radius 1 is 1.22 bits per heavy atom. The summed E-state index contributed by atoms with van der Waals surface area (Å²) in [6, 6.07) is 5.29. The number of nitro benzene ring substituents is 1. The van der Waals surface area contributed by atoms with Gasteiger partial charge in [-0.25, -0.2) is 8.42 Å². The molecule has 1 saturated carbocycles. The molecule has 0 amide bonds. The van der Waals surface area contributed by atoms with Crippen LogP contribution in [0.5, 0.6) is 0 Å². The summed E-state index contributed by atoms with van der Waals surface area (Å²) in [6.07, 6.45) is 5.38. The molecule has 0 radical (unpaired) electrons. The Morgan fingerprint density at radius 2 is 1.87 bits per heavy atom. The Kier molecular flexibility index (Phi) is 4.29. The number of nitro groups is 1. The topological polar surface area (TPSA) is 92.6 Å². The highest BCUT2D eigenvalue weighted by Crippen LogP contribution is 2.34. The minimum Gasteiger partial charge on any atom is -0.377 e. The van der Waals surface area contributed by atoms with Crippen LogP contribution in [0, 0.1) is 10.1 Å². The normalized spacial score (nSPS) is 20.4. The van der Waals surface area contributed by atoms with E-state index in [1.165, 1.54) is 18.9 Å². The van der Waals surface area contributed by atoms with Crippen LogP contribution in [-0.2, 0) is 9.84 Å². The molecule has 0 spiro atoms. The van der Waals surface area contributed by atoms with Crippen molar-refractivity contribution >= 4 is 21.2 Å². The zero-order valence-electron chi connectivity index (χ0n) is 13.1. The van der Waals surface area contributed by atoms with Gasteiger partial charge in [0.25, 0.3) is 0 Å². The molecule has 1 aliphatic carbocycles. The van der Waals surface area contributed by atoms with Crippen molar-refractivity contribution in [3.05, 3.63) is 28.3 Å². The van der Waals surface area contributed by atoms with Crippen LogP contribution in [0.2, 0.25) is 0 Å². The first-order valence-electron chi connectivity index (χ1n) is 7.84. The molecule has 2 fully saturated rings. The van der Waals surface area contributed by atoms with Crippen LogP contribution in [0.4, 0.5) is 11.4 Å². The van der Waals surface area contributed by atoms with Crippen molar-refractivity contribution in [2.45, 2.75) is 42.7 Å². The zero-order chi connectivity index (χ0) is 16.6. The molecule has 23 heavy (non-hydrogen) atoms. The van der Waals surface area contributed by atoms with Gasteiger partial charge in [-0.15, -0.1) is 0 Å². The zero-order valence-corrected chi connectivity index (χ0v) is 13.9. The smallest absolute Gasteiger partial charge is 0.310 e. The van der Waals surface area contributed by atoms with Crippen molar-refractivity contribution < 1.29 is 13.3 Å². The monoisotopic (exact) mass is 339 g/mol. The van der Waals surface area contributed by atoms with Crippen LogP contribution in [0.25, 0.3) is 0 Å². The molecule has 126 valence electrons. The first kappa shape index (κ1) is 16.2. The van der Waals surface area contributed by atoms with E-state index in [0.29, 0.717) is 5.69 Å². The fourth-order valence-corrected chi connectivity index (χ4v) is 4.06. The fraction of sp³-hybridized carbons (Fsp3) is 0.600. The lowest BCUT2D eigenvalue weighted by Crippen LogP contribution is -2.40. The van der Waals surface area contributed by atoms with Crippen molar-refractivity contribution in [2.75, 3.05) is 24.7 Å². The van der Waals surface area contributed by atoms with E-state index in [1.807, 2.05) is 0 Å². The van der Waals surface area contributed by atoms with E-state index < -0.39 is 14.8 Å². The largest absolute Gasteiger partial charge is 0.377 e. The van der Waals surface area contributed by atoms with Crippen molar-refractivity contribution in [1.82, 2.24) is 4.90 Å². The van der Waals surface area contributed by atoms with Gasteiger partial charge in [0.1, 0.15) is 10.6 Å². The number of hydrogen-bond donors (Lipinski definition) is 1. The molecule has 0 aromatic heterocycles. The Labute approximate surface area is 135 Å². The quantitative estimate of drug-likeness (QED) is 0.652. The van der Waals surface area contributed by atoms with E-state index in [9.17, 15) is 18.5 Å². The van der Waals surface area contributed by atoms with Gasteiger partial charge in [0, 0.05) is 31.4 Å². The Bertz CT molecular complexity index is 707. The Balaban J connectivity index is 1.78. The maximum absolute atomic E-state index is 11.8. The Morgan fingerprint density at radius 3 is 2.39 bits per heavy atom. The molecule has 1 aromatic rings. The number of piperidine rings is 1. The summed E-state index contributed by atoms with van der Waals surface area (Å²) in [5.74, 6) is 0. The molecule has 3 rings (SSSR count). The number of likely N-dealkylation sites (tertiary alicyclic amines) is 1. The summed E-state index contributed by atoms with van der Waals surface area (Å²) in [4.78, 5) is 13.0. The third-order valence-electron chi connectivity index (χ3n) is 4.53. The number of nitrogens with one attached hydrogen (secondary N) is 1. The maximum atomic E-state index is 11.8. The average molecular weight is 339 g/mol. The third kappa shape index (κ3) is 3.64. The van der Waals surface area contributed by atoms with Gasteiger partial charge in [0.05, 0.1) is 4.92 Å². The van der Waals surface area contributed by atoms with Gasteiger partial charge in [-0.2, -0.15) is 0 Å². The van der Waals surface area contributed by atoms with Crippen LogP contribution >= 0.6 is 0 Å². The van der Waals surface area contributed by atoms with Crippen molar-refractivity contribution in [1.29, 1.82) is 0 Å². The van der Waals surface area contributed by atoms with E-state index >= 15 is 0 Å². The summed E-state index contributed by atoms with van der Waals surface area (Å²) in [6.45, 7) is 1.98. The van der Waals surface area contributed by atoms with E-state index in [1.54, 1.807) is 12.1 Å². The second-order valence-electron chi connectivity index (χ2n) is 6.37. The van der Waals surface area contributed by atoms with Gasteiger partial charge >= 0.3 is 5.69 Å². The number of anilines is 1. The van der Waals surface area contributed by atoms with Crippen LogP contribution < -0.4 is 5.32 Å². The van der Waals surface area contributed by atoms with Gasteiger partial charge in [-0.1, -0.05) is 6.07 Å². The molecule has 2 aliphatic rings. The van der Waals surface area contributed by atoms with Gasteiger partial charge in [-0.05, 0) is 37.8 Å². The molecular formula is C15H21N3O4S. The standard InChI is InChI=1S/C15H21N3O4S/c1-23(21,22)14-4-2-3-13(15(14)18(19)20)16-11-7-9-17(10-8-11)12-5-6-12/h2-4,11-12,16H,5-10H2,1H3. The number of para-hydroxylation sites is 1. The van der Waals surface area contributed by atoms with Gasteiger partial charge < -0.3 is 10.2 Å². The van der Waals surface area contributed by atoms with Crippen molar-refractivity contribution in [3.8, 4) is 0 Å². The molecule has 7 nitrogen and oxygen atoms in total. The lowest BCUT2D eigenvalue weighted by Gasteiger charge is -2.32. The first-order valence-corrected chi connectivity index (χ1v) is 9.73. The summed E-state index contributed by atoms with van der Waals surface area (Å²) < 4.78 is 23.6. The molecule has 1 heterocycles. The van der Waals surface area contributed by atoms with E-state index in [2.05, 4.69) is 10.2 Å². The highest BCUT2D eigenvalue weighted by molar-refractivity contribution is 7.90. The van der Waals surface area contributed by atoms with Crippen LogP contribution in [0.1, 0.15) is 25.7 Å². The first-order chi connectivity index (χ1) is 10.9. The minimum atomic E-state index is -3.64. The van der Waals surface area contributed by atoms with Crippen LogP contribution in [0.3, 0.4) is 0 Å². The van der Waals surface area contributed by atoms with Gasteiger partial charge in [-0.3, -0.25) is 10.1 Å². The summed E-state index contributed by atoms with van der Waals surface area (Å²) >= 11 is 0. The SMILES string of the molecule is CS(=O)(=O)c1cccc(NC2CCN(C3CC3)CC2)c1[N+](=O)[O-]. The summed E-state index contributed by atoms with van der Waals surface area (Å²) in [7, 11) is -3.64. The van der Waals surface area contributed by atoms with Gasteiger partial charge in [0.2, 0.25) is 0 Å². The molecule has 1 saturated heterocycles. The highest BCUT2D eigenvalue weighted by Gasteiger charge is 2.33. The maximum Gasteiger partial charge on any atom is 0.310 e. The number of nitrogens with zero attached hydrogens (tertiary/aromatic N) is 2. The molecule has 0 atom stereocenters. The number of rotatable bonds is 5. The molecule has 0 unspecified atom stereocenters. The Hall–Kier alpha value is -1.67. The molecule has 0 bridgehead atoms. The van der Waals surface area contributed by atoms with E-state index in [4.69, 9.17) is 0 Å². The minimum absolute atomic E-state index is 0.138. The molecule has 1 aliphatic heterocycles. The lowest BCUT2D eigenvalue weighted by molar-refractivity contribution is -0.386. The lowest BCUT2D eigenvalue weighted by atomic mass is 10.0. The fourth-order valence-electron chi connectivity index (χ4n) is 3.19. The second-order valence-corrected chi connectivity index (χ2v) is 8.35. The van der Waals surface area contributed by atoms with E-state index in [0.717, 1.165) is 38.2 Å². The number of hydrogen-bond acceptors (Lipinski definition) is 6. The van der Waals surface area contributed by atoms with Crippen LogP contribution in [-0.4, -0.2) is 49.7 Å². The van der Waals surface area contributed by atoms with Crippen LogP contribution in [0.15, 0.2) is 23.1 Å². The van der Waals surface area contributed by atoms with E-state index in [-0.39, 0.29) is 16.6 Å². The molecular weight excluding hydrogens is 318 g/mol. The molecule has 1 aromatic carbocycles. The van der Waals surface area contributed by atoms with Gasteiger partial charge in [0.15, 0.2) is 9.84 Å². The molecule has 8 heteroatoms. The number of sulfone groups is 1. The highest BCUT2D eigenvalue weighted by atomic mass is 32.2. The third-order valence-corrected chi connectivity index (χ3v) is 5.66.